The first kappa shape index (κ1) is 21.5. The number of carbonyl (C=O) groups is 1. The number of H-pyrrole nitrogens is 1. The second-order valence-electron chi connectivity index (χ2n) is 8.87. The van der Waals surface area contributed by atoms with E-state index in [4.69, 9.17) is 0 Å². The Bertz CT molecular complexity index is 1060. The van der Waals surface area contributed by atoms with Crippen LogP contribution in [0, 0.1) is 11.7 Å². The van der Waals surface area contributed by atoms with Crippen LogP contribution in [0.2, 0.25) is 0 Å². The van der Waals surface area contributed by atoms with Gasteiger partial charge in [-0.05, 0) is 55.4 Å². The number of aromatic amines is 1. The van der Waals surface area contributed by atoms with Gasteiger partial charge in [0.25, 0.3) is 0 Å². The summed E-state index contributed by atoms with van der Waals surface area (Å²) in [7, 11) is 0. The lowest BCUT2D eigenvalue weighted by molar-refractivity contribution is -0.133. The monoisotopic (exact) mass is 449 g/mol. The average molecular weight is 450 g/mol. The molecule has 3 aromatic rings. The Morgan fingerprint density at radius 3 is 2.58 bits per heavy atom. The van der Waals surface area contributed by atoms with Gasteiger partial charge in [-0.2, -0.15) is 5.10 Å². The average Bonchev–Trinajstić information content (AvgIpc) is 3.51. The summed E-state index contributed by atoms with van der Waals surface area (Å²) in [5, 5.41) is 7.41. The van der Waals surface area contributed by atoms with Crippen LogP contribution in [0.15, 0.2) is 42.7 Å². The molecule has 2 aromatic heterocycles. The number of hydrogen-bond donors (Lipinski definition) is 1. The quantitative estimate of drug-likeness (QED) is 0.621. The smallest absolute Gasteiger partial charge is 0.225 e. The summed E-state index contributed by atoms with van der Waals surface area (Å²) < 4.78 is 13.1. The van der Waals surface area contributed by atoms with E-state index in [2.05, 4.69) is 30.0 Å². The van der Waals surface area contributed by atoms with Crippen molar-refractivity contribution in [1.29, 1.82) is 0 Å². The molecule has 2 aliphatic heterocycles. The minimum absolute atomic E-state index is 0.0754. The van der Waals surface area contributed by atoms with Crippen LogP contribution in [0.5, 0.6) is 0 Å². The molecule has 1 amide bonds. The van der Waals surface area contributed by atoms with Crippen molar-refractivity contribution in [2.45, 2.75) is 44.6 Å². The van der Waals surface area contributed by atoms with Gasteiger partial charge in [0.2, 0.25) is 11.9 Å². The van der Waals surface area contributed by atoms with Crippen LogP contribution < -0.4 is 4.90 Å². The summed E-state index contributed by atoms with van der Waals surface area (Å²) in [5.41, 5.74) is 0.964. The van der Waals surface area contributed by atoms with Crippen LogP contribution in [0.25, 0.3) is 0 Å². The molecule has 33 heavy (non-hydrogen) atoms. The Balaban J connectivity index is 1.17. The maximum atomic E-state index is 13.2. The Hall–Kier alpha value is -3.36. The van der Waals surface area contributed by atoms with E-state index in [1.54, 1.807) is 24.5 Å². The van der Waals surface area contributed by atoms with Crippen LogP contribution in [0.4, 0.5) is 10.3 Å². The van der Waals surface area contributed by atoms with Gasteiger partial charge in [0.1, 0.15) is 11.6 Å². The Labute approximate surface area is 192 Å². The molecule has 0 aliphatic carbocycles. The zero-order chi connectivity index (χ0) is 22.6. The van der Waals surface area contributed by atoms with E-state index in [0.29, 0.717) is 24.6 Å². The third kappa shape index (κ3) is 5.02. The zero-order valence-electron chi connectivity index (χ0n) is 18.5. The molecule has 0 radical (unpaired) electrons. The summed E-state index contributed by atoms with van der Waals surface area (Å²) in [6.45, 7) is 2.50. The summed E-state index contributed by atoms with van der Waals surface area (Å²) in [6.07, 6.45) is 8.41. The molecule has 5 rings (SSSR count). The number of piperidine rings is 1. The van der Waals surface area contributed by atoms with Gasteiger partial charge in [0.05, 0.1) is 6.04 Å². The maximum Gasteiger partial charge on any atom is 0.225 e. The molecule has 4 heterocycles. The first-order valence-corrected chi connectivity index (χ1v) is 11.6. The highest BCUT2D eigenvalue weighted by Gasteiger charge is 2.34. The molecule has 0 bridgehead atoms. The molecular formula is C24H28FN7O. The molecule has 0 saturated carbocycles. The second kappa shape index (κ2) is 9.64. The van der Waals surface area contributed by atoms with Crippen molar-refractivity contribution in [3.05, 3.63) is 65.8 Å². The zero-order valence-corrected chi connectivity index (χ0v) is 18.5. The lowest BCUT2D eigenvalue weighted by atomic mass is 9.93. The van der Waals surface area contributed by atoms with Gasteiger partial charge in [-0.1, -0.05) is 12.1 Å². The number of rotatable bonds is 6. The molecule has 1 atom stereocenters. The molecule has 2 fully saturated rings. The van der Waals surface area contributed by atoms with E-state index in [-0.39, 0.29) is 17.8 Å². The standard InChI is InChI=1S/C24H28FN7O/c25-19-6-4-17(5-7-19)15-21-28-23(30-29-21)20-3-1-12-32(20)22(33)16-18-8-13-31(14-9-18)24-26-10-2-11-27-24/h2,4-7,10-11,18,20H,1,3,8-9,12-16H2,(H,28,29,30)/t20-/m1/s1. The molecule has 1 aromatic carbocycles. The molecule has 2 saturated heterocycles. The SMILES string of the molecule is O=C(CC1CCN(c2ncccn2)CC1)N1CCC[C@@H]1c1n[nH]c(Cc2ccc(F)cc2)n1. The van der Waals surface area contributed by atoms with Crippen LogP contribution in [0.1, 0.15) is 55.4 Å². The molecular weight excluding hydrogens is 421 g/mol. The van der Waals surface area contributed by atoms with Crippen LogP contribution >= 0.6 is 0 Å². The summed E-state index contributed by atoms with van der Waals surface area (Å²) in [5.74, 6) is 2.48. The first-order valence-electron chi connectivity index (χ1n) is 11.6. The number of anilines is 1. The summed E-state index contributed by atoms with van der Waals surface area (Å²) in [4.78, 5) is 30.6. The molecule has 9 heteroatoms. The van der Waals surface area contributed by atoms with Gasteiger partial charge in [-0.15, -0.1) is 0 Å². The number of carbonyl (C=O) groups excluding carboxylic acids is 1. The number of aromatic nitrogens is 5. The fourth-order valence-electron chi connectivity index (χ4n) is 4.82. The number of halogens is 1. The Kier molecular flexibility index (Phi) is 6.28. The van der Waals surface area contributed by atoms with Crippen molar-refractivity contribution in [3.8, 4) is 0 Å². The highest BCUT2D eigenvalue weighted by Crippen LogP contribution is 2.32. The van der Waals surface area contributed by atoms with Crippen LogP contribution in [0.3, 0.4) is 0 Å². The number of amides is 1. The van der Waals surface area contributed by atoms with E-state index in [0.717, 1.165) is 62.7 Å². The number of nitrogens with one attached hydrogen (secondary N) is 1. The summed E-state index contributed by atoms with van der Waals surface area (Å²) >= 11 is 0. The molecule has 1 N–H and O–H groups in total. The van der Waals surface area contributed by atoms with Gasteiger partial charge in [0, 0.05) is 44.9 Å². The normalized spacial score (nSPS) is 19.2. The van der Waals surface area contributed by atoms with Gasteiger partial charge < -0.3 is 9.80 Å². The predicted molar refractivity (Wildman–Crippen MR) is 121 cm³/mol. The number of nitrogens with zero attached hydrogens (tertiary/aromatic N) is 6. The van der Waals surface area contributed by atoms with Crippen molar-refractivity contribution >= 4 is 11.9 Å². The minimum atomic E-state index is -0.254. The van der Waals surface area contributed by atoms with Crippen molar-refractivity contribution in [1.82, 2.24) is 30.0 Å². The van der Waals surface area contributed by atoms with Crippen molar-refractivity contribution in [2.75, 3.05) is 24.5 Å². The van der Waals surface area contributed by atoms with Gasteiger partial charge in [-0.3, -0.25) is 9.89 Å². The third-order valence-electron chi connectivity index (χ3n) is 6.62. The van der Waals surface area contributed by atoms with Crippen molar-refractivity contribution < 1.29 is 9.18 Å². The van der Waals surface area contributed by atoms with Gasteiger partial charge in [-0.25, -0.2) is 19.3 Å². The van der Waals surface area contributed by atoms with E-state index in [1.807, 2.05) is 11.0 Å². The molecule has 8 nitrogen and oxygen atoms in total. The Morgan fingerprint density at radius 1 is 1.06 bits per heavy atom. The molecule has 0 unspecified atom stereocenters. The highest BCUT2D eigenvalue weighted by molar-refractivity contribution is 5.77. The fraction of sp³-hybridized carbons (Fsp3) is 0.458. The lowest BCUT2D eigenvalue weighted by Crippen LogP contribution is -2.38. The van der Waals surface area contributed by atoms with E-state index in [1.165, 1.54) is 12.1 Å². The molecule has 0 spiro atoms. The molecule has 2 aliphatic rings. The summed E-state index contributed by atoms with van der Waals surface area (Å²) in [6, 6.07) is 8.13. The predicted octanol–water partition coefficient (Wildman–Crippen LogP) is 3.29. The van der Waals surface area contributed by atoms with E-state index >= 15 is 0 Å². The van der Waals surface area contributed by atoms with E-state index in [9.17, 15) is 9.18 Å². The van der Waals surface area contributed by atoms with Crippen LogP contribution in [-0.4, -0.2) is 55.6 Å². The topological polar surface area (TPSA) is 90.9 Å². The molecule has 172 valence electrons. The van der Waals surface area contributed by atoms with E-state index < -0.39 is 0 Å². The highest BCUT2D eigenvalue weighted by atomic mass is 19.1. The second-order valence-corrected chi connectivity index (χ2v) is 8.87. The van der Waals surface area contributed by atoms with Crippen molar-refractivity contribution in [3.63, 3.8) is 0 Å². The lowest BCUT2D eigenvalue weighted by Gasteiger charge is -2.33. The maximum absolute atomic E-state index is 13.2. The van der Waals surface area contributed by atoms with Gasteiger partial charge >= 0.3 is 0 Å². The Morgan fingerprint density at radius 2 is 1.82 bits per heavy atom. The van der Waals surface area contributed by atoms with Crippen LogP contribution in [-0.2, 0) is 11.2 Å². The van der Waals surface area contributed by atoms with Crippen molar-refractivity contribution in [2.24, 2.45) is 5.92 Å². The fourth-order valence-corrected chi connectivity index (χ4v) is 4.82. The number of hydrogen-bond acceptors (Lipinski definition) is 6. The number of benzene rings is 1. The first-order chi connectivity index (χ1) is 16.2. The largest absolute Gasteiger partial charge is 0.341 e. The number of likely N-dealkylation sites (tertiary alicyclic amines) is 1. The van der Waals surface area contributed by atoms with Gasteiger partial charge in [0.15, 0.2) is 5.82 Å². The minimum Gasteiger partial charge on any atom is -0.341 e. The third-order valence-corrected chi connectivity index (χ3v) is 6.62.